The van der Waals surface area contributed by atoms with Crippen molar-refractivity contribution in [1.29, 1.82) is 0 Å². The Balaban J connectivity index is 4.49. The number of hydrogen-bond acceptors (Lipinski definition) is 6. The third kappa shape index (κ3) is 43.3. The van der Waals surface area contributed by atoms with Gasteiger partial charge in [-0.05, 0) is 64.2 Å². The lowest BCUT2D eigenvalue weighted by Crippen LogP contribution is -2.30. The van der Waals surface area contributed by atoms with Gasteiger partial charge >= 0.3 is 17.9 Å². The van der Waals surface area contributed by atoms with Crippen molar-refractivity contribution in [2.75, 3.05) is 13.2 Å². The minimum absolute atomic E-state index is 0.109. The zero-order valence-electron chi connectivity index (χ0n) is 36.6. The second kappa shape index (κ2) is 45.0. The van der Waals surface area contributed by atoms with E-state index < -0.39 is 6.10 Å². The first-order valence-electron chi connectivity index (χ1n) is 22.8. The monoisotopic (exact) mass is 791 g/mol. The Kier molecular flexibility index (Phi) is 42.1. The summed E-state index contributed by atoms with van der Waals surface area (Å²) in [6, 6.07) is 0. The molecule has 0 aromatic rings. The first kappa shape index (κ1) is 53.3. The molecule has 0 rings (SSSR count). The van der Waals surface area contributed by atoms with Crippen molar-refractivity contribution >= 4 is 17.9 Å². The third-order valence-corrected chi connectivity index (χ3v) is 9.25. The van der Waals surface area contributed by atoms with E-state index in [1.54, 1.807) is 0 Å². The van der Waals surface area contributed by atoms with Crippen LogP contribution in [0, 0.1) is 0 Å². The molecule has 0 radical (unpaired) electrons. The van der Waals surface area contributed by atoms with Crippen molar-refractivity contribution in [3.8, 4) is 0 Å². The molecule has 0 fully saturated rings. The summed E-state index contributed by atoms with van der Waals surface area (Å²) in [6.07, 6.45) is 58.2. The average molecular weight is 791 g/mol. The van der Waals surface area contributed by atoms with E-state index in [9.17, 15) is 14.4 Å². The summed E-state index contributed by atoms with van der Waals surface area (Å²) >= 11 is 0. The molecule has 322 valence electrons. The molecule has 6 nitrogen and oxygen atoms in total. The highest BCUT2D eigenvalue weighted by atomic mass is 16.6. The van der Waals surface area contributed by atoms with Gasteiger partial charge in [-0.1, -0.05) is 201 Å². The van der Waals surface area contributed by atoms with E-state index in [1.165, 1.54) is 64.2 Å². The van der Waals surface area contributed by atoms with Crippen LogP contribution >= 0.6 is 0 Å². The highest BCUT2D eigenvalue weighted by Gasteiger charge is 2.19. The summed E-state index contributed by atoms with van der Waals surface area (Å²) in [7, 11) is 0. The van der Waals surface area contributed by atoms with Crippen molar-refractivity contribution < 1.29 is 28.6 Å². The van der Waals surface area contributed by atoms with Crippen molar-refractivity contribution in [3.63, 3.8) is 0 Å². The van der Waals surface area contributed by atoms with Gasteiger partial charge in [0.1, 0.15) is 13.2 Å². The molecule has 0 bridgehead atoms. The van der Waals surface area contributed by atoms with Crippen LogP contribution in [0.15, 0.2) is 97.2 Å². The van der Waals surface area contributed by atoms with Gasteiger partial charge in [-0.3, -0.25) is 14.4 Å². The van der Waals surface area contributed by atoms with Crippen LogP contribution in [-0.2, 0) is 28.6 Å². The predicted molar refractivity (Wildman–Crippen MR) is 242 cm³/mol. The van der Waals surface area contributed by atoms with Crippen LogP contribution < -0.4 is 0 Å². The Morgan fingerprint density at radius 1 is 0.386 bits per heavy atom. The molecule has 0 saturated heterocycles. The van der Waals surface area contributed by atoms with Crippen molar-refractivity contribution in [3.05, 3.63) is 97.2 Å². The average Bonchev–Trinajstić information content (AvgIpc) is 3.21. The van der Waals surface area contributed by atoms with E-state index in [0.717, 1.165) is 83.5 Å². The largest absolute Gasteiger partial charge is 0.462 e. The van der Waals surface area contributed by atoms with Gasteiger partial charge in [0.05, 0.1) is 0 Å². The minimum Gasteiger partial charge on any atom is -0.462 e. The number of esters is 3. The van der Waals surface area contributed by atoms with E-state index in [1.807, 2.05) is 60.8 Å². The van der Waals surface area contributed by atoms with E-state index in [2.05, 4.69) is 57.2 Å². The number of carbonyl (C=O) groups excluding carboxylic acids is 3. The molecule has 1 unspecified atom stereocenters. The second-order valence-corrected chi connectivity index (χ2v) is 14.7. The van der Waals surface area contributed by atoms with Crippen LogP contribution in [-0.4, -0.2) is 37.2 Å². The van der Waals surface area contributed by atoms with Crippen molar-refractivity contribution in [2.24, 2.45) is 0 Å². The molecule has 0 aromatic carbocycles. The van der Waals surface area contributed by atoms with E-state index in [0.29, 0.717) is 19.3 Å². The number of rotatable bonds is 39. The van der Waals surface area contributed by atoms with Crippen LogP contribution in [0.2, 0.25) is 0 Å². The lowest BCUT2D eigenvalue weighted by molar-refractivity contribution is -0.167. The Labute approximate surface area is 349 Å². The third-order valence-electron chi connectivity index (χ3n) is 9.25. The van der Waals surface area contributed by atoms with Crippen LogP contribution in [0.4, 0.5) is 0 Å². The molecule has 0 spiro atoms. The van der Waals surface area contributed by atoms with Gasteiger partial charge in [0.2, 0.25) is 0 Å². The smallest absolute Gasteiger partial charge is 0.306 e. The molecule has 6 heteroatoms. The summed E-state index contributed by atoms with van der Waals surface area (Å²) in [6.45, 7) is 6.27. The number of unbranched alkanes of at least 4 members (excludes halogenated alkanes) is 17. The Morgan fingerprint density at radius 3 is 1.30 bits per heavy atom. The number of allylic oxidation sites excluding steroid dienone is 16. The maximum Gasteiger partial charge on any atom is 0.306 e. The summed E-state index contributed by atoms with van der Waals surface area (Å²) in [5.74, 6) is -0.995. The molecule has 0 amide bonds. The molecule has 1 atom stereocenters. The lowest BCUT2D eigenvalue weighted by Gasteiger charge is -2.18. The van der Waals surface area contributed by atoms with Crippen molar-refractivity contribution in [2.45, 2.75) is 194 Å². The van der Waals surface area contributed by atoms with Crippen LogP contribution in [0.5, 0.6) is 0 Å². The molecule has 0 aliphatic carbocycles. The Morgan fingerprint density at radius 2 is 0.772 bits per heavy atom. The molecule has 0 saturated carbocycles. The van der Waals surface area contributed by atoms with E-state index >= 15 is 0 Å². The number of ether oxygens (including phenoxy) is 3. The van der Waals surface area contributed by atoms with Gasteiger partial charge in [0.15, 0.2) is 6.10 Å². The standard InChI is InChI=1S/C51H82O6/c1-4-7-10-13-16-19-21-23-24-25-26-28-29-32-35-38-41-44-50(53)56-47-48(46-55-49(52)43-40-37-34-31-18-15-12-9-6-3)57-51(54)45-42-39-36-33-30-27-22-20-17-14-11-8-5-2/h7,9-10,12-13,16,18-19,21,23-26,28-29,31,48H,4-6,8,11,14-15,17,20,22,27,30,32-47H2,1-3H3/b10-7-,12-9-,16-13-,21-19-,24-23-,26-25+,29-28-,31-18-. The van der Waals surface area contributed by atoms with Gasteiger partial charge < -0.3 is 14.2 Å². The second-order valence-electron chi connectivity index (χ2n) is 14.7. The first-order chi connectivity index (χ1) is 28.0. The lowest BCUT2D eigenvalue weighted by atomic mass is 10.0. The van der Waals surface area contributed by atoms with Gasteiger partial charge in [-0.15, -0.1) is 0 Å². The van der Waals surface area contributed by atoms with Gasteiger partial charge in [-0.2, -0.15) is 0 Å². The zero-order chi connectivity index (χ0) is 41.5. The molecular formula is C51H82O6. The van der Waals surface area contributed by atoms with Crippen LogP contribution in [0.3, 0.4) is 0 Å². The van der Waals surface area contributed by atoms with Gasteiger partial charge in [-0.25, -0.2) is 0 Å². The molecule has 0 heterocycles. The molecule has 57 heavy (non-hydrogen) atoms. The fourth-order valence-electron chi connectivity index (χ4n) is 5.86. The normalized spacial score (nSPS) is 13.0. The maximum absolute atomic E-state index is 12.7. The molecule has 0 aromatic heterocycles. The first-order valence-corrected chi connectivity index (χ1v) is 22.8. The zero-order valence-corrected chi connectivity index (χ0v) is 36.6. The van der Waals surface area contributed by atoms with Crippen LogP contribution in [0.25, 0.3) is 0 Å². The number of carbonyl (C=O) groups is 3. The number of hydrogen-bond donors (Lipinski definition) is 0. The molecule has 0 aliphatic heterocycles. The van der Waals surface area contributed by atoms with Crippen LogP contribution in [0.1, 0.15) is 188 Å². The van der Waals surface area contributed by atoms with E-state index in [4.69, 9.17) is 14.2 Å². The maximum atomic E-state index is 12.7. The summed E-state index contributed by atoms with van der Waals surface area (Å²) in [4.78, 5) is 37.7. The highest BCUT2D eigenvalue weighted by molar-refractivity contribution is 5.71. The molecular weight excluding hydrogens is 709 g/mol. The van der Waals surface area contributed by atoms with Gasteiger partial charge in [0.25, 0.3) is 0 Å². The van der Waals surface area contributed by atoms with Crippen molar-refractivity contribution in [1.82, 2.24) is 0 Å². The van der Waals surface area contributed by atoms with Gasteiger partial charge in [0, 0.05) is 19.3 Å². The fourth-order valence-corrected chi connectivity index (χ4v) is 5.86. The Bertz CT molecular complexity index is 1180. The fraction of sp³-hybridized carbons (Fsp3) is 0.627. The summed E-state index contributed by atoms with van der Waals surface area (Å²) in [5.41, 5.74) is 0. The Hall–Kier alpha value is -3.67. The quantitative estimate of drug-likeness (QED) is 0.0203. The SMILES string of the molecule is CC\C=C/C=C\C=C/C=C\C=C\C=C/CCCCCC(=O)OCC(COC(=O)CCCC/C=C\C/C=C\CC)OC(=O)CCCCCCCCCCCCCCC. The molecule has 0 aliphatic rings. The summed E-state index contributed by atoms with van der Waals surface area (Å²) < 4.78 is 16.6. The van der Waals surface area contributed by atoms with E-state index in [-0.39, 0.29) is 31.1 Å². The predicted octanol–water partition coefficient (Wildman–Crippen LogP) is 14.6. The molecule has 0 N–H and O–H groups in total. The minimum atomic E-state index is -0.805. The summed E-state index contributed by atoms with van der Waals surface area (Å²) in [5, 5.41) is 0. The highest BCUT2D eigenvalue weighted by Crippen LogP contribution is 2.14. The topological polar surface area (TPSA) is 78.9 Å².